The number of rotatable bonds is 6. The molecule has 0 fully saturated rings. The number of anilines is 1. The van der Waals surface area contributed by atoms with Gasteiger partial charge in [-0.1, -0.05) is 19.9 Å². The van der Waals surface area contributed by atoms with Crippen molar-refractivity contribution in [1.29, 1.82) is 0 Å². The molecule has 0 aliphatic heterocycles. The first-order valence-corrected chi connectivity index (χ1v) is 6.40. The van der Waals surface area contributed by atoms with E-state index in [1.54, 1.807) is 24.3 Å². The van der Waals surface area contributed by atoms with Crippen molar-refractivity contribution in [3.63, 3.8) is 0 Å². The predicted octanol–water partition coefficient (Wildman–Crippen LogP) is 1.49. The minimum Gasteiger partial charge on any atom is -0.366 e. The molecule has 1 rings (SSSR count). The molecule has 0 atom stereocenters. The van der Waals surface area contributed by atoms with Crippen LogP contribution in [-0.4, -0.2) is 18.4 Å². The molecule has 1 aromatic rings. The molecular formula is C14H21N3O2. The second kappa shape index (κ2) is 6.33. The maximum Gasteiger partial charge on any atom is 0.248 e. The fourth-order valence-electron chi connectivity index (χ4n) is 1.97. The van der Waals surface area contributed by atoms with Gasteiger partial charge in [0.05, 0.1) is 5.41 Å². The molecule has 0 unspecified atom stereocenters. The van der Waals surface area contributed by atoms with Gasteiger partial charge in [0.1, 0.15) is 0 Å². The normalized spacial score (nSPS) is 11.1. The summed E-state index contributed by atoms with van der Waals surface area (Å²) in [7, 11) is 0. The lowest BCUT2D eigenvalue weighted by atomic mass is 9.81. The molecule has 5 nitrogen and oxygen atoms in total. The molecular weight excluding hydrogens is 242 g/mol. The molecule has 0 saturated heterocycles. The van der Waals surface area contributed by atoms with Gasteiger partial charge in [0, 0.05) is 17.8 Å². The Hall–Kier alpha value is -1.88. The molecule has 0 aromatic heterocycles. The first-order chi connectivity index (χ1) is 8.99. The minimum absolute atomic E-state index is 0.123. The molecule has 1 aromatic carbocycles. The molecule has 0 aliphatic carbocycles. The topological polar surface area (TPSA) is 98.2 Å². The monoisotopic (exact) mass is 263 g/mol. The number of nitrogens with two attached hydrogens (primary N) is 2. The van der Waals surface area contributed by atoms with E-state index in [-0.39, 0.29) is 5.91 Å². The smallest absolute Gasteiger partial charge is 0.248 e. The van der Waals surface area contributed by atoms with Gasteiger partial charge >= 0.3 is 0 Å². The van der Waals surface area contributed by atoms with Gasteiger partial charge in [-0.15, -0.1) is 0 Å². The molecule has 5 N–H and O–H groups in total. The number of hydrogen-bond acceptors (Lipinski definition) is 3. The third kappa shape index (κ3) is 3.32. The quantitative estimate of drug-likeness (QED) is 0.725. The van der Waals surface area contributed by atoms with Crippen molar-refractivity contribution in [1.82, 2.24) is 0 Å². The van der Waals surface area contributed by atoms with Crippen molar-refractivity contribution in [3.05, 3.63) is 29.8 Å². The van der Waals surface area contributed by atoms with Crippen molar-refractivity contribution in [2.75, 3.05) is 11.9 Å². The van der Waals surface area contributed by atoms with Crippen LogP contribution in [0.3, 0.4) is 0 Å². The van der Waals surface area contributed by atoms with E-state index in [0.717, 1.165) is 0 Å². The number of hydrogen-bond donors (Lipinski definition) is 3. The van der Waals surface area contributed by atoms with Crippen LogP contribution in [0, 0.1) is 5.41 Å². The Kier molecular flexibility index (Phi) is 5.06. The summed E-state index contributed by atoms with van der Waals surface area (Å²) in [5.41, 5.74) is 11.3. The summed E-state index contributed by atoms with van der Waals surface area (Å²) >= 11 is 0. The summed E-state index contributed by atoms with van der Waals surface area (Å²) in [6.07, 6.45) is 1.34. The van der Waals surface area contributed by atoms with Gasteiger partial charge in [-0.3, -0.25) is 9.59 Å². The van der Waals surface area contributed by atoms with Gasteiger partial charge in [-0.25, -0.2) is 0 Å². The largest absolute Gasteiger partial charge is 0.366 e. The highest BCUT2D eigenvalue weighted by molar-refractivity contribution is 5.98. The standard InChI is InChI=1S/C14H21N3O2/c1-3-14(4-2,9-15)13(19)17-11-7-5-6-10(8-11)12(16)18/h5-8H,3-4,9,15H2,1-2H3,(H2,16,18)(H,17,19). The number of benzene rings is 1. The van der Waals surface area contributed by atoms with E-state index in [1.807, 2.05) is 13.8 Å². The highest BCUT2D eigenvalue weighted by atomic mass is 16.2. The zero-order valence-electron chi connectivity index (χ0n) is 11.4. The minimum atomic E-state index is -0.567. The van der Waals surface area contributed by atoms with Gasteiger partial charge in [0.15, 0.2) is 0 Å². The van der Waals surface area contributed by atoms with Crippen LogP contribution in [0.2, 0.25) is 0 Å². The molecule has 0 radical (unpaired) electrons. The van der Waals surface area contributed by atoms with Crippen molar-refractivity contribution in [3.8, 4) is 0 Å². The lowest BCUT2D eigenvalue weighted by Crippen LogP contribution is -2.41. The molecule has 2 amide bonds. The summed E-state index contributed by atoms with van der Waals surface area (Å²) in [6.45, 7) is 4.17. The average molecular weight is 263 g/mol. The second-order valence-corrected chi connectivity index (χ2v) is 4.59. The van der Waals surface area contributed by atoms with E-state index in [2.05, 4.69) is 5.32 Å². The van der Waals surface area contributed by atoms with Gasteiger partial charge < -0.3 is 16.8 Å². The number of amides is 2. The van der Waals surface area contributed by atoms with Gasteiger partial charge in [0.2, 0.25) is 11.8 Å². The number of carbonyl (C=O) groups is 2. The Labute approximate surface area is 113 Å². The molecule has 5 heteroatoms. The van der Waals surface area contributed by atoms with Crippen LogP contribution in [0.1, 0.15) is 37.0 Å². The van der Waals surface area contributed by atoms with E-state index >= 15 is 0 Å². The van der Waals surface area contributed by atoms with Crippen LogP contribution >= 0.6 is 0 Å². The number of nitrogens with one attached hydrogen (secondary N) is 1. The maximum absolute atomic E-state index is 12.3. The highest BCUT2D eigenvalue weighted by Gasteiger charge is 2.33. The van der Waals surface area contributed by atoms with E-state index in [4.69, 9.17) is 11.5 Å². The first-order valence-electron chi connectivity index (χ1n) is 6.40. The third-order valence-corrected chi connectivity index (χ3v) is 3.63. The van der Waals surface area contributed by atoms with E-state index in [0.29, 0.717) is 30.6 Å². The average Bonchev–Trinajstić information content (AvgIpc) is 2.41. The molecule has 0 aliphatic rings. The highest BCUT2D eigenvalue weighted by Crippen LogP contribution is 2.27. The summed E-state index contributed by atoms with van der Waals surface area (Å²) in [4.78, 5) is 23.4. The molecule has 0 saturated carbocycles. The Morgan fingerprint density at radius 1 is 1.26 bits per heavy atom. The summed E-state index contributed by atoms with van der Waals surface area (Å²) in [6, 6.07) is 6.56. The van der Waals surface area contributed by atoms with Gasteiger partial charge in [-0.05, 0) is 31.0 Å². The Bertz CT molecular complexity index is 459. The third-order valence-electron chi connectivity index (χ3n) is 3.63. The number of carbonyl (C=O) groups excluding carboxylic acids is 2. The van der Waals surface area contributed by atoms with Crippen LogP contribution in [-0.2, 0) is 4.79 Å². The Morgan fingerprint density at radius 3 is 2.37 bits per heavy atom. The fraction of sp³-hybridized carbons (Fsp3) is 0.429. The van der Waals surface area contributed by atoms with Gasteiger partial charge in [0.25, 0.3) is 0 Å². The van der Waals surface area contributed by atoms with E-state index in [9.17, 15) is 9.59 Å². The molecule has 0 bridgehead atoms. The fourth-order valence-corrected chi connectivity index (χ4v) is 1.97. The Balaban J connectivity index is 2.93. The molecule has 104 valence electrons. The Morgan fingerprint density at radius 2 is 1.89 bits per heavy atom. The van der Waals surface area contributed by atoms with Crippen molar-refractivity contribution in [2.45, 2.75) is 26.7 Å². The summed E-state index contributed by atoms with van der Waals surface area (Å²) < 4.78 is 0. The SMILES string of the molecule is CCC(CC)(CN)C(=O)Nc1cccc(C(N)=O)c1. The lowest BCUT2D eigenvalue weighted by Gasteiger charge is -2.28. The van der Waals surface area contributed by atoms with E-state index < -0.39 is 11.3 Å². The maximum atomic E-state index is 12.3. The zero-order valence-corrected chi connectivity index (χ0v) is 11.4. The van der Waals surface area contributed by atoms with Crippen molar-refractivity contribution < 1.29 is 9.59 Å². The van der Waals surface area contributed by atoms with Crippen LogP contribution < -0.4 is 16.8 Å². The van der Waals surface area contributed by atoms with Crippen LogP contribution in [0.4, 0.5) is 5.69 Å². The number of primary amides is 1. The zero-order chi connectivity index (χ0) is 14.5. The predicted molar refractivity (Wildman–Crippen MR) is 75.7 cm³/mol. The van der Waals surface area contributed by atoms with Crippen molar-refractivity contribution in [2.24, 2.45) is 16.9 Å². The van der Waals surface area contributed by atoms with E-state index in [1.165, 1.54) is 0 Å². The molecule has 0 spiro atoms. The van der Waals surface area contributed by atoms with Crippen LogP contribution in [0.5, 0.6) is 0 Å². The van der Waals surface area contributed by atoms with Crippen molar-refractivity contribution >= 4 is 17.5 Å². The summed E-state index contributed by atoms with van der Waals surface area (Å²) in [5, 5.41) is 2.80. The molecule has 19 heavy (non-hydrogen) atoms. The lowest BCUT2D eigenvalue weighted by molar-refractivity contribution is -0.125. The second-order valence-electron chi connectivity index (χ2n) is 4.59. The van der Waals surface area contributed by atoms with Crippen LogP contribution in [0.25, 0.3) is 0 Å². The van der Waals surface area contributed by atoms with Gasteiger partial charge in [-0.2, -0.15) is 0 Å². The first kappa shape index (κ1) is 15.2. The molecule has 0 heterocycles. The van der Waals surface area contributed by atoms with Crippen LogP contribution in [0.15, 0.2) is 24.3 Å². The summed E-state index contributed by atoms with van der Waals surface area (Å²) in [5.74, 6) is -0.645.